The molecule has 1 saturated carbocycles. The van der Waals surface area contributed by atoms with Crippen LogP contribution in [0.2, 0.25) is 10.0 Å². The second-order valence-corrected chi connectivity index (χ2v) is 9.66. The number of anilines is 1. The largest absolute Gasteiger partial charge is 0.441 e. The number of hydrogen-bond donors (Lipinski definition) is 3. The van der Waals surface area contributed by atoms with E-state index in [1.807, 2.05) is 18.2 Å². The fraction of sp³-hybridized carbons (Fsp3) is 0.500. The average Bonchev–Trinajstić information content (AvgIpc) is 3.26. The molecular formula is C20H26Cl2N4O6S. The Labute approximate surface area is 202 Å². The first-order valence-corrected chi connectivity index (χ1v) is 12.6. The standard InChI is InChI=1S/C20H24Cl2N4O2.H2O4S/c21-16-2-1-3-17(18(16)22)26-9-7-25(8-10-26)6-4-14-12-15(13-14)24-19(27)20-23-5-11-28-20;1-5(2,3)4/h1-3,5,11,14-15H,4,6-10,12-13H2,(H,24,27);(H2,1,2,3,4). The molecule has 13 heteroatoms. The average molecular weight is 521 g/mol. The Balaban J connectivity index is 0.000000555. The fourth-order valence-corrected chi connectivity index (χ4v) is 4.40. The zero-order valence-electron chi connectivity index (χ0n) is 17.7. The summed E-state index contributed by atoms with van der Waals surface area (Å²) < 4.78 is 36.6. The third kappa shape index (κ3) is 8.13. The highest BCUT2D eigenvalue weighted by Gasteiger charge is 2.31. The van der Waals surface area contributed by atoms with Crippen molar-refractivity contribution in [1.29, 1.82) is 0 Å². The molecule has 2 heterocycles. The van der Waals surface area contributed by atoms with Gasteiger partial charge in [0.1, 0.15) is 6.26 Å². The van der Waals surface area contributed by atoms with Gasteiger partial charge in [-0.3, -0.25) is 18.8 Å². The van der Waals surface area contributed by atoms with Gasteiger partial charge in [-0.1, -0.05) is 29.3 Å². The minimum atomic E-state index is -4.67. The van der Waals surface area contributed by atoms with Gasteiger partial charge in [-0.15, -0.1) is 0 Å². The van der Waals surface area contributed by atoms with Gasteiger partial charge in [-0.2, -0.15) is 8.42 Å². The molecule has 1 amide bonds. The molecule has 10 nitrogen and oxygen atoms in total. The van der Waals surface area contributed by atoms with Gasteiger partial charge in [0.2, 0.25) is 0 Å². The van der Waals surface area contributed by atoms with Crippen LogP contribution in [0.15, 0.2) is 35.1 Å². The van der Waals surface area contributed by atoms with Crippen LogP contribution in [-0.2, 0) is 10.4 Å². The highest BCUT2D eigenvalue weighted by Crippen LogP contribution is 2.33. The van der Waals surface area contributed by atoms with Crippen LogP contribution in [0, 0.1) is 5.92 Å². The first-order valence-electron chi connectivity index (χ1n) is 10.4. The molecular weight excluding hydrogens is 495 g/mol. The van der Waals surface area contributed by atoms with E-state index in [2.05, 4.69) is 20.1 Å². The molecule has 4 rings (SSSR count). The van der Waals surface area contributed by atoms with Crippen LogP contribution in [-0.4, -0.2) is 72.1 Å². The predicted octanol–water partition coefficient (Wildman–Crippen LogP) is 3.05. The number of benzene rings is 1. The number of nitrogens with zero attached hydrogens (tertiary/aromatic N) is 3. The van der Waals surface area contributed by atoms with E-state index in [1.54, 1.807) is 0 Å². The van der Waals surface area contributed by atoms with E-state index in [1.165, 1.54) is 18.9 Å². The second-order valence-electron chi connectivity index (χ2n) is 7.98. The van der Waals surface area contributed by atoms with Gasteiger partial charge in [-0.05, 0) is 43.9 Å². The lowest BCUT2D eigenvalue weighted by atomic mass is 9.78. The summed E-state index contributed by atoms with van der Waals surface area (Å²) in [6.45, 7) is 5.07. The number of carbonyl (C=O) groups excluding carboxylic acids is 1. The molecule has 182 valence electrons. The summed E-state index contributed by atoms with van der Waals surface area (Å²) in [5, 5.41) is 4.23. The number of amides is 1. The van der Waals surface area contributed by atoms with Crippen molar-refractivity contribution in [3.8, 4) is 0 Å². The predicted molar refractivity (Wildman–Crippen MR) is 124 cm³/mol. The molecule has 0 spiro atoms. The van der Waals surface area contributed by atoms with E-state index >= 15 is 0 Å². The SMILES string of the molecule is O=C(NC1CC(CCN2CCN(c3cccc(Cl)c3Cl)CC2)C1)c1ncco1.O=S(=O)(O)O. The van der Waals surface area contributed by atoms with Gasteiger partial charge in [0, 0.05) is 32.2 Å². The third-order valence-electron chi connectivity index (χ3n) is 5.70. The Morgan fingerprint density at radius 2 is 1.85 bits per heavy atom. The minimum Gasteiger partial charge on any atom is -0.441 e. The van der Waals surface area contributed by atoms with Crippen LogP contribution in [0.25, 0.3) is 0 Å². The highest BCUT2D eigenvalue weighted by atomic mass is 35.5. The van der Waals surface area contributed by atoms with Gasteiger partial charge < -0.3 is 14.6 Å². The lowest BCUT2D eigenvalue weighted by Crippen LogP contribution is -2.48. The Kier molecular flexibility index (Phi) is 8.96. The Hall–Kier alpha value is -1.89. The van der Waals surface area contributed by atoms with Crippen LogP contribution in [0.4, 0.5) is 5.69 Å². The molecule has 1 aliphatic carbocycles. The Morgan fingerprint density at radius 1 is 1.18 bits per heavy atom. The van der Waals surface area contributed by atoms with E-state index in [0.717, 1.165) is 51.3 Å². The summed E-state index contributed by atoms with van der Waals surface area (Å²) in [6.07, 6.45) is 6.13. The molecule has 1 aromatic heterocycles. The number of hydrogen-bond acceptors (Lipinski definition) is 7. The minimum absolute atomic E-state index is 0.140. The lowest BCUT2D eigenvalue weighted by Gasteiger charge is -2.39. The summed E-state index contributed by atoms with van der Waals surface area (Å²) in [4.78, 5) is 20.6. The molecule has 33 heavy (non-hydrogen) atoms. The molecule has 0 bridgehead atoms. The molecule has 3 N–H and O–H groups in total. The maximum atomic E-state index is 11.9. The monoisotopic (exact) mass is 520 g/mol. The molecule has 0 unspecified atom stereocenters. The Bertz CT molecular complexity index is 1020. The molecule has 0 radical (unpaired) electrons. The van der Waals surface area contributed by atoms with Crippen molar-refractivity contribution in [2.75, 3.05) is 37.6 Å². The fourth-order valence-electron chi connectivity index (χ4n) is 3.99. The maximum Gasteiger partial charge on any atom is 0.394 e. The van der Waals surface area contributed by atoms with Crippen LogP contribution in [0.5, 0.6) is 0 Å². The van der Waals surface area contributed by atoms with Gasteiger partial charge >= 0.3 is 16.3 Å². The smallest absolute Gasteiger partial charge is 0.394 e. The number of carbonyl (C=O) groups is 1. The van der Waals surface area contributed by atoms with Gasteiger partial charge in [0.25, 0.3) is 5.89 Å². The normalized spacial score (nSPS) is 21.0. The number of aromatic nitrogens is 1. The first kappa shape index (κ1) is 25.7. The topological polar surface area (TPSA) is 136 Å². The van der Waals surface area contributed by atoms with Gasteiger partial charge in [-0.25, -0.2) is 4.98 Å². The second kappa shape index (κ2) is 11.5. The number of rotatable bonds is 6. The Morgan fingerprint density at radius 3 is 2.45 bits per heavy atom. The quantitative estimate of drug-likeness (QED) is 0.490. The van der Waals surface area contributed by atoms with Crippen molar-refractivity contribution in [2.45, 2.75) is 25.3 Å². The summed E-state index contributed by atoms with van der Waals surface area (Å²) in [6, 6.07) is 6.05. The first-order chi connectivity index (χ1) is 15.6. The van der Waals surface area contributed by atoms with E-state index in [-0.39, 0.29) is 17.8 Å². The van der Waals surface area contributed by atoms with Crippen molar-refractivity contribution < 1.29 is 26.7 Å². The molecule has 2 fully saturated rings. The molecule has 2 aliphatic rings. The zero-order valence-corrected chi connectivity index (χ0v) is 20.1. The van der Waals surface area contributed by atoms with Crippen molar-refractivity contribution in [2.24, 2.45) is 5.92 Å². The van der Waals surface area contributed by atoms with Crippen LogP contribution < -0.4 is 10.2 Å². The zero-order chi connectivity index (χ0) is 24.0. The van der Waals surface area contributed by atoms with Crippen LogP contribution in [0.1, 0.15) is 29.9 Å². The molecule has 1 aromatic carbocycles. The molecule has 2 aromatic rings. The summed E-state index contributed by atoms with van der Waals surface area (Å²) in [5.74, 6) is 0.598. The summed E-state index contributed by atoms with van der Waals surface area (Å²) in [5.41, 5.74) is 1.03. The number of halogens is 2. The summed E-state index contributed by atoms with van der Waals surface area (Å²) in [7, 11) is -4.67. The molecule has 0 atom stereocenters. The maximum absolute atomic E-state index is 11.9. The van der Waals surface area contributed by atoms with Crippen molar-refractivity contribution in [3.63, 3.8) is 0 Å². The number of nitrogens with one attached hydrogen (secondary N) is 1. The van der Waals surface area contributed by atoms with Crippen molar-refractivity contribution in [3.05, 3.63) is 46.6 Å². The van der Waals surface area contributed by atoms with Crippen LogP contribution in [0.3, 0.4) is 0 Å². The molecule has 1 aliphatic heterocycles. The molecule has 1 saturated heterocycles. The van der Waals surface area contributed by atoms with Crippen molar-refractivity contribution >= 4 is 45.2 Å². The van der Waals surface area contributed by atoms with Crippen molar-refractivity contribution in [1.82, 2.24) is 15.2 Å². The number of piperazine rings is 1. The lowest BCUT2D eigenvalue weighted by molar-refractivity contribution is 0.0842. The van der Waals surface area contributed by atoms with E-state index in [9.17, 15) is 4.79 Å². The van der Waals surface area contributed by atoms with Gasteiger partial charge in [0.05, 0.1) is 21.9 Å². The van der Waals surface area contributed by atoms with Gasteiger partial charge in [0.15, 0.2) is 0 Å². The highest BCUT2D eigenvalue weighted by molar-refractivity contribution is 7.79. The van der Waals surface area contributed by atoms with E-state index in [4.69, 9.17) is 45.1 Å². The van der Waals surface area contributed by atoms with E-state index < -0.39 is 10.4 Å². The third-order valence-corrected chi connectivity index (χ3v) is 6.50. The number of oxazole rings is 1. The van der Waals surface area contributed by atoms with Crippen LogP contribution >= 0.6 is 23.2 Å². The summed E-state index contributed by atoms with van der Waals surface area (Å²) >= 11 is 12.5. The van der Waals surface area contributed by atoms with E-state index in [0.29, 0.717) is 16.0 Å².